The number of oxazole rings is 1. The average Bonchev–Trinajstić information content (AvgIpc) is 2.89. The van der Waals surface area contributed by atoms with Crippen molar-refractivity contribution in [2.75, 3.05) is 11.9 Å². The van der Waals surface area contributed by atoms with Crippen molar-refractivity contribution < 1.29 is 27.1 Å². The number of carbonyl (C=O) groups is 1. The molecule has 26 heavy (non-hydrogen) atoms. The number of ether oxygens (including phenoxy) is 1. The van der Waals surface area contributed by atoms with Gasteiger partial charge >= 0.3 is 11.9 Å². The number of rotatable bonds is 5. The van der Waals surface area contributed by atoms with Crippen LogP contribution < -0.4 is 15.8 Å². The molecule has 2 aromatic heterocycles. The number of amides is 1. The van der Waals surface area contributed by atoms with Gasteiger partial charge in [-0.25, -0.2) is 9.78 Å². The Morgan fingerprint density at radius 3 is 2.69 bits per heavy atom. The van der Waals surface area contributed by atoms with Crippen LogP contribution in [-0.4, -0.2) is 28.2 Å². The first-order chi connectivity index (χ1) is 12.3. The van der Waals surface area contributed by atoms with Gasteiger partial charge in [-0.1, -0.05) is 12.1 Å². The molecule has 0 aliphatic rings. The van der Waals surface area contributed by atoms with Gasteiger partial charge in [0.05, 0.1) is 17.4 Å². The Kier molecular flexibility index (Phi) is 4.65. The molecule has 0 atom stereocenters. The maximum Gasteiger partial charge on any atom is 0.422 e. The van der Waals surface area contributed by atoms with Crippen LogP contribution in [0, 0.1) is 0 Å². The van der Waals surface area contributed by atoms with Gasteiger partial charge in [0, 0.05) is 6.07 Å². The highest BCUT2D eigenvalue weighted by molar-refractivity contribution is 5.91. The van der Waals surface area contributed by atoms with Crippen molar-refractivity contribution in [3.63, 3.8) is 0 Å². The maximum atomic E-state index is 12.1. The molecule has 2 heterocycles. The van der Waals surface area contributed by atoms with E-state index >= 15 is 0 Å². The molecular formula is C16H12F3N3O4. The third kappa shape index (κ3) is 4.21. The lowest BCUT2D eigenvalue weighted by molar-refractivity contribution is -0.154. The highest BCUT2D eigenvalue weighted by atomic mass is 19.4. The fraction of sp³-hybridized carbons (Fsp3) is 0.188. The van der Waals surface area contributed by atoms with Crippen LogP contribution in [0.4, 0.5) is 18.9 Å². The Bertz CT molecular complexity index is 977. The lowest BCUT2D eigenvalue weighted by Gasteiger charge is -2.09. The van der Waals surface area contributed by atoms with Crippen LogP contribution in [0.1, 0.15) is 0 Å². The molecule has 0 saturated carbocycles. The number of hydrogen-bond acceptors (Lipinski definition) is 5. The first kappa shape index (κ1) is 17.5. The van der Waals surface area contributed by atoms with E-state index in [-0.39, 0.29) is 18.1 Å². The number of pyridine rings is 1. The zero-order valence-corrected chi connectivity index (χ0v) is 13.1. The van der Waals surface area contributed by atoms with E-state index in [9.17, 15) is 22.8 Å². The summed E-state index contributed by atoms with van der Waals surface area (Å²) in [6.45, 7) is -1.75. The van der Waals surface area contributed by atoms with E-state index < -0.39 is 24.4 Å². The van der Waals surface area contributed by atoms with E-state index in [2.05, 4.69) is 15.0 Å². The van der Waals surface area contributed by atoms with Crippen LogP contribution in [0.5, 0.6) is 5.88 Å². The lowest BCUT2D eigenvalue weighted by Crippen LogP contribution is -2.24. The second-order valence-corrected chi connectivity index (χ2v) is 5.26. The van der Waals surface area contributed by atoms with Crippen molar-refractivity contribution in [2.24, 2.45) is 0 Å². The molecular weight excluding hydrogens is 355 g/mol. The Hall–Kier alpha value is -3.30. The summed E-state index contributed by atoms with van der Waals surface area (Å²) >= 11 is 0. The predicted molar refractivity (Wildman–Crippen MR) is 84.9 cm³/mol. The topological polar surface area (TPSA) is 86.4 Å². The fourth-order valence-electron chi connectivity index (χ4n) is 2.20. The van der Waals surface area contributed by atoms with E-state index in [1.54, 1.807) is 24.3 Å². The smallest absolute Gasteiger partial charge is 0.422 e. The summed E-state index contributed by atoms with van der Waals surface area (Å²) in [5.74, 6) is -1.42. The van der Waals surface area contributed by atoms with Gasteiger partial charge in [-0.2, -0.15) is 13.2 Å². The van der Waals surface area contributed by atoms with E-state index in [1.165, 1.54) is 16.7 Å². The van der Waals surface area contributed by atoms with Crippen LogP contribution in [0.2, 0.25) is 0 Å². The molecule has 0 spiro atoms. The van der Waals surface area contributed by atoms with Crippen LogP contribution in [-0.2, 0) is 11.3 Å². The molecule has 0 fully saturated rings. The number of aromatic nitrogens is 2. The van der Waals surface area contributed by atoms with Crippen molar-refractivity contribution in [3.05, 3.63) is 53.1 Å². The number of para-hydroxylation sites is 2. The third-order valence-corrected chi connectivity index (χ3v) is 3.28. The summed E-state index contributed by atoms with van der Waals surface area (Å²) in [5, 5.41) is 2.49. The monoisotopic (exact) mass is 367 g/mol. The molecule has 1 N–H and O–H groups in total. The predicted octanol–water partition coefficient (Wildman–Crippen LogP) is 2.57. The molecule has 0 bridgehead atoms. The molecule has 7 nitrogen and oxygen atoms in total. The van der Waals surface area contributed by atoms with Gasteiger partial charge in [0.25, 0.3) is 0 Å². The van der Waals surface area contributed by atoms with Gasteiger partial charge in [-0.05, 0) is 18.2 Å². The summed E-state index contributed by atoms with van der Waals surface area (Å²) in [5.41, 5.74) is 1.08. The van der Waals surface area contributed by atoms with E-state index in [4.69, 9.17) is 4.42 Å². The largest absolute Gasteiger partial charge is 0.468 e. The third-order valence-electron chi connectivity index (χ3n) is 3.28. The Balaban J connectivity index is 1.64. The molecule has 3 aromatic rings. The van der Waals surface area contributed by atoms with Crippen LogP contribution in [0.15, 0.2) is 51.8 Å². The van der Waals surface area contributed by atoms with E-state index in [1.807, 2.05) is 0 Å². The molecule has 1 aromatic carbocycles. The van der Waals surface area contributed by atoms with Crippen LogP contribution in [0.3, 0.4) is 0 Å². The summed E-state index contributed by atoms with van der Waals surface area (Å²) in [4.78, 5) is 27.6. The maximum absolute atomic E-state index is 12.1. The van der Waals surface area contributed by atoms with Gasteiger partial charge in [0.15, 0.2) is 12.2 Å². The van der Waals surface area contributed by atoms with Gasteiger partial charge in [-0.15, -0.1) is 0 Å². The minimum Gasteiger partial charge on any atom is -0.468 e. The average molecular weight is 367 g/mol. The van der Waals surface area contributed by atoms with Crippen molar-refractivity contribution in [2.45, 2.75) is 12.7 Å². The van der Waals surface area contributed by atoms with Gasteiger partial charge < -0.3 is 14.5 Å². The van der Waals surface area contributed by atoms with Crippen LogP contribution in [0.25, 0.3) is 11.1 Å². The minimum atomic E-state index is -4.46. The van der Waals surface area contributed by atoms with Crippen LogP contribution >= 0.6 is 0 Å². The molecule has 0 aliphatic carbocycles. The van der Waals surface area contributed by atoms with Crippen molar-refractivity contribution in [1.82, 2.24) is 9.55 Å². The Labute approximate surface area is 144 Å². The summed E-state index contributed by atoms with van der Waals surface area (Å²) in [6, 6.07) is 9.18. The lowest BCUT2D eigenvalue weighted by atomic mass is 10.3. The molecule has 3 rings (SSSR count). The van der Waals surface area contributed by atoms with Crippen molar-refractivity contribution in [1.29, 1.82) is 0 Å². The number of nitrogens with one attached hydrogen (secondary N) is 1. The Morgan fingerprint density at radius 2 is 2.00 bits per heavy atom. The SMILES string of the molecule is O=C(Cn1c(=O)oc2ccccc21)Nc1ccc(OCC(F)(F)F)nc1. The first-order valence-corrected chi connectivity index (χ1v) is 7.36. The van der Waals surface area contributed by atoms with Crippen molar-refractivity contribution in [3.8, 4) is 5.88 Å². The van der Waals surface area contributed by atoms with Gasteiger partial charge in [-0.3, -0.25) is 9.36 Å². The zero-order chi connectivity index (χ0) is 18.7. The van der Waals surface area contributed by atoms with E-state index in [0.29, 0.717) is 11.1 Å². The number of alkyl halides is 3. The number of anilines is 1. The first-order valence-electron chi connectivity index (χ1n) is 7.36. The minimum absolute atomic E-state index is 0.225. The number of hydrogen-bond donors (Lipinski definition) is 1. The molecule has 0 saturated heterocycles. The Morgan fingerprint density at radius 1 is 1.23 bits per heavy atom. The number of carbonyl (C=O) groups excluding carboxylic acids is 1. The summed E-state index contributed by atoms with van der Waals surface area (Å²) in [7, 11) is 0. The molecule has 0 unspecified atom stereocenters. The second-order valence-electron chi connectivity index (χ2n) is 5.26. The number of fused-ring (bicyclic) bond motifs is 1. The quantitative estimate of drug-likeness (QED) is 0.749. The molecule has 10 heteroatoms. The van der Waals surface area contributed by atoms with Gasteiger partial charge in [0.1, 0.15) is 6.54 Å². The second kappa shape index (κ2) is 6.90. The summed E-state index contributed by atoms with van der Waals surface area (Å²) < 4.78 is 46.9. The normalized spacial score (nSPS) is 11.5. The molecule has 136 valence electrons. The van der Waals surface area contributed by atoms with E-state index in [0.717, 1.165) is 6.20 Å². The van der Waals surface area contributed by atoms with Crippen molar-refractivity contribution >= 4 is 22.7 Å². The fourth-order valence-corrected chi connectivity index (χ4v) is 2.20. The van der Waals surface area contributed by atoms with Gasteiger partial charge in [0.2, 0.25) is 11.8 Å². The summed E-state index contributed by atoms with van der Waals surface area (Å²) in [6.07, 6.45) is -3.31. The molecule has 0 aliphatic heterocycles. The zero-order valence-electron chi connectivity index (χ0n) is 13.1. The molecule has 1 amide bonds. The molecule has 0 radical (unpaired) electrons. The number of halogens is 3. The number of benzene rings is 1. The highest BCUT2D eigenvalue weighted by Crippen LogP contribution is 2.18. The standard InChI is InChI=1S/C16H12F3N3O4/c17-16(18,19)9-25-14-6-5-10(7-20-14)21-13(23)8-22-11-3-1-2-4-12(11)26-15(22)24/h1-7H,8-9H2,(H,21,23). The number of nitrogens with zero attached hydrogens (tertiary/aromatic N) is 2. The highest BCUT2D eigenvalue weighted by Gasteiger charge is 2.28.